The van der Waals surface area contributed by atoms with E-state index in [1.54, 1.807) is 0 Å². The smallest absolute Gasteiger partial charge is 0.224 e. The SMILES string of the molecule is CCOc1ccc(-c2ccc(CNC(=O)[C@H]3C[C@H]3c3ccccc3)c3cnccc23)cc1. The first kappa shape index (κ1) is 20.3. The van der Waals surface area contributed by atoms with Gasteiger partial charge in [-0.15, -0.1) is 0 Å². The summed E-state index contributed by atoms with van der Waals surface area (Å²) < 4.78 is 5.57. The molecule has 32 heavy (non-hydrogen) atoms. The molecule has 5 rings (SSSR count). The second kappa shape index (κ2) is 8.83. The van der Waals surface area contributed by atoms with E-state index in [4.69, 9.17) is 4.74 Å². The Morgan fingerprint density at radius 2 is 1.81 bits per heavy atom. The normalized spacial score (nSPS) is 17.2. The van der Waals surface area contributed by atoms with Crippen LogP contribution in [-0.4, -0.2) is 17.5 Å². The number of rotatable bonds is 7. The van der Waals surface area contributed by atoms with Crippen LogP contribution in [0.3, 0.4) is 0 Å². The van der Waals surface area contributed by atoms with Gasteiger partial charge in [0.15, 0.2) is 0 Å². The van der Waals surface area contributed by atoms with Gasteiger partial charge in [-0.05, 0) is 65.1 Å². The van der Waals surface area contributed by atoms with Crippen molar-refractivity contribution in [2.24, 2.45) is 5.92 Å². The summed E-state index contributed by atoms with van der Waals surface area (Å²) in [6.45, 7) is 3.14. The lowest BCUT2D eigenvalue weighted by molar-refractivity contribution is -0.122. The van der Waals surface area contributed by atoms with E-state index in [0.29, 0.717) is 19.1 Å². The molecular formula is C28H26N2O2. The average molecular weight is 423 g/mol. The molecule has 0 spiro atoms. The number of nitrogens with one attached hydrogen (secondary N) is 1. The van der Waals surface area contributed by atoms with Gasteiger partial charge in [0.2, 0.25) is 5.91 Å². The van der Waals surface area contributed by atoms with Crippen LogP contribution in [0.2, 0.25) is 0 Å². The molecule has 160 valence electrons. The number of nitrogens with zero attached hydrogens (tertiary/aromatic N) is 1. The molecule has 1 aromatic heterocycles. The number of carbonyl (C=O) groups is 1. The third-order valence-corrected chi connectivity index (χ3v) is 6.19. The van der Waals surface area contributed by atoms with E-state index in [-0.39, 0.29) is 11.8 Å². The van der Waals surface area contributed by atoms with E-state index in [2.05, 4.69) is 46.7 Å². The number of ether oxygens (including phenoxy) is 1. The van der Waals surface area contributed by atoms with E-state index in [1.165, 1.54) is 5.56 Å². The van der Waals surface area contributed by atoms with Crippen LogP contribution in [0.4, 0.5) is 0 Å². The zero-order valence-electron chi connectivity index (χ0n) is 18.1. The van der Waals surface area contributed by atoms with Crippen molar-refractivity contribution in [3.05, 3.63) is 96.3 Å². The Kier molecular flexibility index (Phi) is 5.59. The lowest BCUT2D eigenvalue weighted by Crippen LogP contribution is -2.25. The zero-order valence-corrected chi connectivity index (χ0v) is 18.1. The number of carbonyl (C=O) groups excluding carboxylic acids is 1. The first-order valence-corrected chi connectivity index (χ1v) is 11.2. The maximum atomic E-state index is 12.7. The van der Waals surface area contributed by atoms with E-state index in [9.17, 15) is 4.79 Å². The Hall–Kier alpha value is -3.66. The molecule has 0 bridgehead atoms. The van der Waals surface area contributed by atoms with Gasteiger partial charge in [-0.3, -0.25) is 9.78 Å². The molecule has 1 saturated carbocycles. The summed E-state index contributed by atoms with van der Waals surface area (Å²) in [7, 11) is 0. The van der Waals surface area contributed by atoms with Crippen molar-refractivity contribution >= 4 is 16.7 Å². The van der Waals surface area contributed by atoms with Crippen molar-refractivity contribution in [3.8, 4) is 16.9 Å². The van der Waals surface area contributed by atoms with Crippen LogP contribution in [0.5, 0.6) is 5.75 Å². The van der Waals surface area contributed by atoms with Gasteiger partial charge in [0, 0.05) is 30.2 Å². The number of aromatic nitrogens is 1. The summed E-state index contributed by atoms with van der Waals surface area (Å²) in [5.74, 6) is 1.42. The van der Waals surface area contributed by atoms with Gasteiger partial charge in [-0.2, -0.15) is 0 Å². The summed E-state index contributed by atoms with van der Waals surface area (Å²) >= 11 is 0. The molecule has 1 aliphatic carbocycles. The second-order valence-electron chi connectivity index (χ2n) is 8.23. The number of amides is 1. The van der Waals surface area contributed by atoms with E-state index >= 15 is 0 Å². The van der Waals surface area contributed by atoms with E-state index in [1.807, 2.05) is 55.7 Å². The minimum atomic E-state index is 0.0740. The molecule has 4 nitrogen and oxygen atoms in total. The maximum absolute atomic E-state index is 12.7. The fraction of sp³-hybridized carbons (Fsp3) is 0.214. The molecule has 1 amide bonds. The molecule has 4 heteroatoms. The van der Waals surface area contributed by atoms with Gasteiger partial charge in [-0.1, -0.05) is 54.6 Å². The Morgan fingerprint density at radius 1 is 1.00 bits per heavy atom. The van der Waals surface area contributed by atoms with Gasteiger partial charge in [0.1, 0.15) is 5.75 Å². The zero-order chi connectivity index (χ0) is 21.9. The molecule has 4 aromatic rings. The minimum absolute atomic E-state index is 0.0740. The van der Waals surface area contributed by atoms with Crippen molar-refractivity contribution < 1.29 is 9.53 Å². The lowest BCUT2D eigenvalue weighted by Gasteiger charge is -2.13. The fourth-order valence-electron chi connectivity index (χ4n) is 4.42. The Morgan fingerprint density at radius 3 is 2.59 bits per heavy atom. The predicted molar refractivity (Wildman–Crippen MR) is 127 cm³/mol. The highest BCUT2D eigenvalue weighted by Crippen LogP contribution is 2.47. The molecule has 1 N–H and O–H groups in total. The van der Waals surface area contributed by atoms with Gasteiger partial charge in [0.25, 0.3) is 0 Å². The summed E-state index contributed by atoms with van der Waals surface area (Å²) in [5.41, 5.74) is 4.60. The first-order chi connectivity index (χ1) is 15.7. The molecule has 0 unspecified atom stereocenters. The highest BCUT2D eigenvalue weighted by molar-refractivity contribution is 5.98. The molecular weight excluding hydrogens is 396 g/mol. The highest BCUT2D eigenvalue weighted by Gasteiger charge is 2.43. The molecule has 3 aromatic carbocycles. The van der Waals surface area contributed by atoms with Crippen LogP contribution in [-0.2, 0) is 11.3 Å². The second-order valence-corrected chi connectivity index (χ2v) is 8.23. The number of benzene rings is 3. The molecule has 2 atom stereocenters. The van der Waals surface area contributed by atoms with Crippen LogP contribution >= 0.6 is 0 Å². The Bertz CT molecular complexity index is 1240. The van der Waals surface area contributed by atoms with Crippen molar-refractivity contribution in [3.63, 3.8) is 0 Å². The van der Waals surface area contributed by atoms with E-state index in [0.717, 1.165) is 39.6 Å². The fourth-order valence-corrected chi connectivity index (χ4v) is 4.42. The van der Waals surface area contributed by atoms with Gasteiger partial charge < -0.3 is 10.1 Å². The first-order valence-electron chi connectivity index (χ1n) is 11.2. The topological polar surface area (TPSA) is 51.2 Å². The standard InChI is InChI=1S/C28H26N2O2/c1-2-32-22-11-8-20(9-12-22)23-13-10-21(27-18-29-15-14-24(23)27)17-30-28(31)26-16-25(26)19-6-4-3-5-7-19/h3-15,18,25-26H,2,16-17H2,1H3,(H,30,31)/t25-,26-/m0/s1. The van der Waals surface area contributed by atoms with Crippen LogP contribution in [0.25, 0.3) is 21.9 Å². The predicted octanol–water partition coefficient (Wildman–Crippen LogP) is 5.72. The number of fused-ring (bicyclic) bond motifs is 1. The van der Waals surface area contributed by atoms with Crippen LogP contribution < -0.4 is 10.1 Å². The van der Waals surface area contributed by atoms with Gasteiger partial charge in [-0.25, -0.2) is 0 Å². The van der Waals surface area contributed by atoms with Crippen molar-refractivity contribution in [2.45, 2.75) is 25.8 Å². The Balaban J connectivity index is 1.33. The van der Waals surface area contributed by atoms with Gasteiger partial charge in [0.05, 0.1) is 6.61 Å². The minimum Gasteiger partial charge on any atom is -0.494 e. The summed E-state index contributed by atoms with van der Waals surface area (Å²) in [5, 5.41) is 5.34. The number of hydrogen-bond acceptors (Lipinski definition) is 3. The third-order valence-electron chi connectivity index (χ3n) is 6.19. The summed E-state index contributed by atoms with van der Waals surface area (Å²) in [6.07, 6.45) is 4.63. The van der Waals surface area contributed by atoms with E-state index < -0.39 is 0 Å². The van der Waals surface area contributed by atoms with Crippen LogP contribution in [0.15, 0.2) is 85.2 Å². The Labute approximate surface area is 188 Å². The summed E-state index contributed by atoms with van der Waals surface area (Å²) in [6, 6.07) is 24.7. The van der Waals surface area contributed by atoms with Crippen LogP contribution in [0.1, 0.15) is 30.4 Å². The average Bonchev–Trinajstić information content (AvgIpc) is 3.65. The number of hydrogen-bond donors (Lipinski definition) is 1. The molecule has 1 fully saturated rings. The maximum Gasteiger partial charge on any atom is 0.224 e. The third kappa shape index (κ3) is 4.09. The quantitative estimate of drug-likeness (QED) is 0.414. The lowest BCUT2D eigenvalue weighted by atomic mass is 9.96. The largest absolute Gasteiger partial charge is 0.494 e. The van der Waals surface area contributed by atoms with Gasteiger partial charge >= 0.3 is 0 Å². The highest BCUT2D eigenvalue weighted by atomic mass is 16.5. The molecule has 0 saturated heterocycles. The van der Waals surface area contributed by atoms with Crippen molar-refractivity contribution in [2.75, 3.05) is 6.61 Å². The molecule has 1 aliphatic rings. The molecule has 0 aliphatic heterocycles. The van der Waals surface area contributed by atoms with Crippen LogP contribution in [0, 0.1) is 5.92 Å². The molecule has 1 heterocycles. The van der Waals surface area contributed by atoms with Crippen molar-refractivity contribution in [1.29, 1.82) is 0 Å². The monoisotopic (exact) mass is 422 g/mol. The summed E-state index contributed by atoms with van der Waals surface area (Å²) in [4.78, 5) is 17.1. The number of pyridine rings is 1. The molecule has 0 radical (unpaired) electrons. The van der Waals surface area contributed by atoms with Crippen molar-refractivity contribution in [1.82, 2.24) is 10.3 Å².